The van der Waals surface area contributed by atoms with Crippen molar-refractivity contribution in [3.8, 4) is 6.07 Å². The van der Waals surface area contributed by atoms with E-state index in [1.807, 2.05) is 24.3 Å². The third-order valence-corrected chi connectivity index (χ3v) is 6.09. The number of allylic oxidation sites excluding steroid dienone is 1. The number of fused-ring (bicyclic) bond motifs is 3. The monoisotopic (exact) mass is 361 g/mol. The summed E-state index contributed by atoms with van der Waals surface area (Å²) >= 11 is 1.60. The Labute approximate surface area is 155 Å². The summed E-state index contributed by atoms with van der Waals surface area (Å²) in [5.41, 5.74) is 3.57. The molecule has 1 aliphatic rings. The Morgan fingerprint density at radius 2 is 2.08 bits per heavy atom. The van der Waals surface area contributed by atoms with Crippen LogP contribution in [0, 0.1) is 11.3 Å². The summed E-state index contributed by atoms with van der Waals surface area (Å²) in [5, 5.41) is 10.3. The van der Waals surface area contributed by atoms with Gasteiger partial charge in [-0.3, -0.25) is 4.79 Å². The molecule has 130 valence electrons. The Morgan fingerprint density at radius 3 is 2.81 bits per heavy atom. The lowest BCUT2D eigenvalue weighted by Gasteiger charge is -2.09. The lowest BCUT2D eigenvalue weighted by molar-refractivity contribution is 0.700. The average Bonchev–Trinajstić information content (AvgIpc) is 3.05. The zero-order chi connectivity index (χ0) is 18.1. The molecule has 4 nitrogen and oxygen atoms in total. The summed E-state index contributed by atoms with van der Waals surface area (Å²) in [6, 6.07) is 10.2. The van der Waals surface area contributed by atoms with Crippen molar-refractivity contribution < 1.29 is 0 Å². The fraction of sp³-hybridized carbons (Fsp3) is 0.286. The Hall–Kier alpha value is -2.71. The minimum Gasteiger partial charge on any atom is -0.305 e. The summed E-state index contributed by atoms with van der Waals surface area (Å²) in [4.78, 5) is 22.1. The number of rotatable bonds is 3. The Balaban J connectivity index is 1.80. The van der Waals surface area contributed by atoms with Gasteiger partial charge in [0.05, 0.1) is 11.0 Å². The first-order chi connectivity index (χ1) is 12.7. The van der Waals surface area contributed by atoms with Gasteiger partial charge in [0.1, 0.15) is 10.9 Å². The van der Waals surface area contributed by atoms with Crippen molar-refractivity contribution in [3.63, 3.8) is 0 Å². The Kier molecular flexibility index (Phi) is 4.44. The highest BCUT2D eigenvalue weighted by atomic mass is 32.1. The molecule has 0 saturated heterocycles. The largest absolute Gasteiger partial charge is 0.305 e. The van der Waals surface area contributed by atoms with Crippen molar-refractivity contribution in [2.24, 2.45) is 0 Å². The quantitative estimate of drug-likeness (QED) is 0.699. The van der Waals surface area contributed by atoms with E-state index < -0.39 is 0 Å². The molecule has 2 heterocycles. The second-order valence-electron chi connectivity index (χ2n) is 6.57. The molecule has 0 unspecified atom stereocenters. The normalized spacial score (nSPS) is 14.2. The van der Waals surface area contributed by atoms with Crippen molar-refractivity contribution in [1.29, 1.82) is 5.26 Å². The number of hydrogen-bond donors (Lipinski definition) is 1. The van der Waals surface area contributed by atoms with Crippen molar-refractivity contribution in [2.75, 3.05) is 0 Å². The van der Waals surface area contributed by atoms with Crippen molar-refractivity contribution in [1.82, 2.24) is 9.97 Å². The van der Waals surface area contributed by atoms with Crippen LogP contribution < -0.4 is 5.56 Å². The maximum absolute atomic E-state index is 12.7. The first kappa shape index (κ1) is 16.7. The molecular weight excluding hydrogens is 342 g/mol. The van der Waals surface area contributed by atoms with Gasteiger partial charge < -0.3 is 4.98 Å². The van der Waals surface area contributed by atoms with Crippen molar-refractivity contribution in [2.45, 2.75) is 39.0 Å². The number of nitriles is 1. The van der Waals surface area contributed by atoms with Crippen LogP contribution in [0.2, 0.25) is 0 Å². The van der Waals surface area contributed by atoms with Gasteiger partial charge in [0, 0.05) is 4.88 Å². The minimum absolute atomic E-state index is 0.133. The predicted octanol–water partition coefficient (Wildman–Crippen LogP) is 4.49. The van der Waals surface area contributed by atoms with Gasteiger partial charge in [0.25, 0.3) is 5.56 Å². The summed E-state index contributed by atoms with van der Waals surface area (Å²) in [7, 11) is 0. The average molecular weight is 361 g/mol. The molecule has 0 atom stereocenters. The predicted molar refractivity (Wildman–Crippen MR) is 106 cm³/mol. The van der Waals surface area contributed by atoms with Crippen molar-refractivity contribution >= 4 is 33.2 Å². The number of aryl methyl sites for hydroxylation is 3. The van der Waals surface area contributed by atoms with Crippen LogP contribution in [0.25, 0.3) is 21.9 Å². The molecule has 0 aliphatic heterocycles. The van der Waals surface area contributed by atoms with Crippen LogP contribution in [0.3, 0.4) is 0 Å². The Bertz CT molecular complexity index is 1100. The van der Waals surface area contributed by atoms with Gasteiger partial charge >= 0.3 is 0 Å². The van der Waals surface area contributed by atoms with E-state index in [0.29, 0.717) is 11.4 Å². The van der Waals surface area contributed by atoms with E-state index in [1.165, 1.54) is 16.9 Å². The van der Waals surface area contributed by atoms with E-state index in [2.05, 4.69) is 23.0 Å². The number of nitrogens with zero attached hydrogens (tertiary/aromatic N) is 2. The summed E-state index contributed by atoms with van der Waals surface area (Å²) in [6.45, 7) is 2.11. The van der Waals surface area contributed by atoms with Gasteiger partial charge in [0.15, 0.2) is 5.82 Å². The number of aromatic nitrogens is 2. The fourth-order valence-electron chi connectivity index (χ4n) is 3.46. The molecule has 0 spiro atoms. The van der Waals surface area contributed by atoms with Crippen LogP contribution >= 0.6 is 11.3 Å². The van der Waals surface area contributed by atoms with E-state index in [-0.39, 0.29) is 5.56 Å². The van der Waals surface area contributed by atoms with Crippen LogP contribution in [-0.4, -0.2) is 9.97 Å². The topological polar surface area (TPSA) is 69.5 Å². The summed E-state index contributed by atoms with van der Waals surface area (Å²) in [5.74, 6) is 0.350. The molecule has 1 N–H and O–H groups in total. The molecule has 26 heavy (non-hydrogen) atoms. The minimum atomic E-state index is -0.133. The molecule has 1 aromatic carbocycles. The second-order valence-corrected chi connectivity index (χ2v) is 7.65. The zero-order valence-electron chi connectivity index (χ0n) is 14.6. The van der Waals surface area contributed by atoms with Crippen LogP contribution in [0.15, 0.2) is 29.1 Å². The number of benzene rings is 1. The van der Waals surface area contributed by atoms with E-state index in [4.69, 9.17) is 0 Å². The molecule has 5 heteroatoms. The number of hydrogen-bond acceptors (Lipinski definition) is 4. The molecule has 0 saturated carbocycles. The third kappa shape index (κ3) is 2.97. The first-order valence-electron chi connectivity index (χ1n) is 8.95. The van der Waals surface area contributed by atoms with Gasteiger partial charge in [0.2, 0.25) is 0 Å². The maximum atomic E-state index is 12.7. The number of H-pyrrole nitrogens is 1. The molecule has 3 aromatic rings. The maximum Gasteiger partial charge on any atom is 0.260 e. The first-order valence-corrected chi connectivity index (χ1v) is 9.77. The summed E-state index contributed by atoms with van der Waals surface area (Å²) in [6.07, 6.45) is 7.01. The van der Waals surface area contributed by atoms with Gasteiger partial charge in [-0.25, -0.2) is 4.98 Å². The molecule has 0 bridgehead atoms. The number of aromatic amines is 1. The molecule has 1 aliphatic carbocycles. The SMILES string of the molecule is CCc1ccc(/C=C(\C#N)c2nc3sc4c(c3c(=O)[nH]2)CCCC4)cc1. The fourth-order valence-corrected chi connectivity index (χ4v) is 4.72. The van der Waals surface area contributed by atoms with E-state index >= 15 is 0 Å². The zero-order valence-corrected chi connectivity index (χ0v) is 15.4. The van der Waals surface area contributed by atoms with Gasteiger partial charge in [-0.1, -0.05) is 31.2 Å². The molecule has 0 amide bonds. The lowest BCUT2D eigenvalue weighted by Crippen LogP contribution is -2.12. The van der Waals surface area contributed by atoms with Gasteiger partial charge in [-0.2, -0.15) is 5.26 Å². The lowest BCUT2D eigenvalue weighted by atomic mass is 9.97. The third-order valence-electron chi connectivity index (χ3n) is 4.90. The molecule has 0 radical (unpaired) electrons. The van der Waals surface area contributed by atoms with Crippen LogP contribution in [0.4, 0.5) is 0 Å². The van der Waals surface area contributed by atoms with E-state index in [1.54, 1.807) is 17.4 Å². The highest BCUT2D eigenvalue weighted by Gasteiger charge is 2.20. The van der Waals surface area contributed by atoms with Crippen LogP contribution in [0.1, 0.15) is 47.2 Å². The highest BCUT2D eigenvalue weighted by molar-refractivity contribution is 7.18. The Morgan fingerprint density at radius 1 is 1.31 bits per heavy atom. The smallest absolute Gasteiger partial charge is 0.260 e. The molecule has 4 rings (SSSR count). The van der Waals surface area contributed by atoms with E-state index in [0.717, 1.165) is 47.0 Å². The van der Waals surface area contributed by atoms with E-state index in [9.17, 15) is 10.1 Å². The standard InChI is InChI=1S/C21H19N3OS/c1-2-13-7-9-14(10-8-13)11-15(12-22)19-23-20(25)18-16-5-3-4-6-17(16)26-21(18)24-19/h7-11H,2-6H2,1H3,(H,23,24,25)/b15-11+. The molecule has 2 aromatic heterocycles. The van der Waals surface area contributed by atoms with Gasteiger partial charge in [-0.15, -0.1) is 11.3 Å². The van der Waals surface area contributed by atoms with Gasteiger partial charge in [-0.05, 0) is 54.9 Å². The number of thiophene rings is 1. The van der Waals surface area contributed by atoms with Crippen molar-refractivity contribution in [3.05, 3.63) is 62.0 Å². The van der Waals surface area contributed by atoms with Crippen LogP contribution in [-0.2, 0) is 19.3 Å². The highest BCUT2D eigenvalue weighted by Crippen LogP contribution is 2.33. The summed E-state index contributed by atoms with van der Waals surface area (Å²) < 4.78 is 0. The molecule has 0 fully saturated rings. The van der Waals surface area contributed by atoms with Crippen LogP contribution in [0.5, 0.6) is 0 Å². The number of nitrogens with one attached hydrogen (secondary N) is 1. The molecular formula is C21H19N3OS. The second kappa shape index (κ2) is 6.89.